The molecule has 6 heteroatoms. The molecule has 0 spiro atoms. The van der Waals surface area contributed by atoms with E-state index in [2.05, 4.69) is 11.4 Å². The maximum absolute atomic E-state index is 12.9. The summed E-state index contributed by atoms with van der Waals surface area (Å²) in [7, 11) is 0. The molecule has 3 aromatic heterocycles. The van der Waals surface area contributed by atoms with E-state index in [1.807, 2.05) is 10.3 Å². The minimum Gasteiger partial charge on any atom is -0.454 e. The molecule has 1 fully saturated rings. The van der Waals surface area contributed by atoms with Gasteiger partial charge in [0.25, 0.3) is 11.5 Å². The van der Waals surface area contributed by atoms with Crippen LogP contribution < -0.4 is 5.56 Å². The molecule has 0 N–H and O–H groups in total. The molecule has 1 saturated heterocycles. The molecule has 1 amide bonds. The third-order valence-electron chi connectivity index (χ3n) is 4.54. The number of carbonyl (C=O) groups is 1. The Morgan fingerprint density at radius 2 is 2.16 bits per heavy atom. The van der Waals surface area contributed by atoms with E-state index < -0.39 is 0 Å². The van der Waals surface area contributed by atoms with Crippen molar-refractivity contribution in [2.24, 2.45) is 0 Å². The van der Waals surface area contributed by atoms with Gasteiger partial charge in [-0.05, 0) is 53.4 Å². The Morgan fingerprint density at radius 3 is 2.96 bits per heavy atom. The second-order valence-electron chi connectivity index (χ2n) is 6.15. The maximum atomic E-state index is 12.9. The Kier molecular flexibility index (Phi) is 4.28. The highest BCUT2D eigenvalue weighted by atomic mass is 32.1. The Morgan fingerprint density at radius 1 is 1.24 bits per heavy atom. The van der Waals surface area contributed by atoms with E-state index in [0.29, 0.717) is 18.1 Å². The van der Waals surface area contributed by atoms with Crippen molar-refractivity contribution in [2.75, 3.05) is 6.54 Å². The number of pyridine rings is 1. The minimum atomic E-state index is -0.0937. The number of hydrogen-bond donors (Lipinski definition) is 0. The van der Waals surface area contributed by atoms with Crippen LogP contribution in [0.5, 0.6) is 0 Å². The molecule has 1 unspecified atom stereocenters. The normalized spacial score (nSPS) is 17.1. The Labute approximate surface area is 149 Å². The monoisotopic (exact) mass is 354 g/mol. The van der Waals surface area contributed by atoms with Gasteiger partial charge in [-0.3, -0.25) is 9.59 Å². The van der Waals surface area contributed by atoms with E-state index in [0.717, 1.165) is 19.4 Å². The van der Waals surface area contributed by atoms with Gasteiger partial charge in [0.1, 0.15) is 5.76 Å². The van der Waals surface area contributed by atoms with E-state index in [4.69, 9.17) is 4.42 Å². The molecule has 0 radical (unpaired) electrons. The highest BCUT2D eigenvalue weighted by Gasteiger charge is 2.32. The van der Waals surface area contributed by atoms with Crippen molar-refractivity contribution in [3.8, 4) is 0 Å². The van der Waals surface area contributed by atoms with Gasteiger partial charge in [0.05, 0.1) is 12.6 Å². The number of furan rings is 1. The molecule has 5 nitrogen and oxygen atoms in total. The number of hydrogen-bond acceptors (Lipinski definition) is 4. The van der Waals surface area contributed by atoms with Gasteiger partial charge in [-0.25, -0.2) is 0 Å². The van der Waals surface area contributed by atoms with Crippen LogP contribution in [0.15, 0.2) is 62.6 Å². The lowest BCUT2D eigenvalue weighted by molar-refractivity contribution is 0.0701. The average molecular weight is 354 g/mol. The van der Waals surface area contributed by atoms with Crippen molar-refractivity contribution in [1.29, 1.82) is 0 Å². The lowest BCUT2D eigenvalue weighted by Crippen LogP contribution is -2.30. The van der Waals surface area contributed by atoms with Gasteiger partial charge in [-0.2, -0.15) is 11.3 Å². The van der Waals surface area contributed by atoms with Crippen LogP contribution in [0.4, 0.5) is 0 Å². The first-order valence-electron chi connectivity index (χ1n) is 8.29. The summed E-state index contributed by atoms with van der Waals surface area (Å²) in [5, 5.41) is 4.14. The zero-order valence-electron chi connectivity index (χ0n) is 13.6. The molecule has 0 saturated carbocycles. The number of amides is 1. The highest BCUT2D eigenvalue weighted by molar-refractivity contribution is 7.08. The molecule has 0 aliphatic carbocycles. The van der Waals surface area contributed by atoms with Gasteiger partial charge in [-0.1, -0.05) is 6.07 Å². The number of likely N-dealkylation sites (tertiary alicyclic amines) is 1. The second kappa shape index (κ2) is 6.72. The number of aromatic nitrogens is 1. The number of carbonyl (C=O) groups excluding carboxylic acids is 1. The van der Waals surface area contributed by atoms with Gasteiger partial charge >= 0.3 is 0 Å². The van der Waals surface area contributed by atoms with Crippen LogP contribution in [0, 0.1) is 0 Å². The quantitative estimate of drug-likeness (QED) is 0.720. The van der Waals surface area contributed by atoms with Crippen LogP contribution in [0.25, 0.3) is 0 Å². The van der Waals surface area contributed by atoms with Crippen LogP contribution >= 0.6 is 11.3 Å². The van der Waals surface area contributed by atoms with Crippen LogP contribution in [-0.4, -0.2) is 21.9 Å². The fourth-order valence-electron chi connectivity index (χ4n) is 3.30. The fourth-order valence-corrected chi connectivity index (χ4v) is 4.01. The average Bonchev–Trinajstić information content (AvgIpc) is 3.37. The molecule has 1 aliphatic rings. The Bertz CT molecular complexity index is 926. The van der Waals surface area contributed by atoms with E-state index in [-0.39, 0.29) is 17.5 Å². The molecule has 25 heavy (non-hydrogen) atoms. The van der Waals surface area contributed by atoms with Crippen molar-refractivity contribution in [3.63, 3.8) is 0 Å². The number of nitrogens with zero attached hydrogens (tertiary/aromatic N) is 2. The van der Waals surface area contributed by atoms with E-state index in [1.165, 1.54) is 11.6 Å². The summed E-state index contributed by atoms with van der Waals surface area (Å²) in [5.74, 6) is 0.851. The first-order chi connectivity index (χ1) is 12.2. The molecule has 4 heterocycles. The van der Waals surface area contributed by atoms with E-state index in [1.54, 1.807) is 46.4 Å². The zero-order chi connectivity index (χ0) is 17.2. The van der Waals surface area contributed by atoms with Gasteiger partial charge in [0.2, 0.25) is 0 Å². The lowest BCUT2D eigenvalue weighted by Gasteiger charge is -2.23. The van der Waals surface area contributed by atoms with Crippen LogP contribution in [0.1, 0.15) is 40.8 Å². The van der Waals surface area contributed by atoms with Gasteiger partial charge in [-0.15, -0.1) is 0 Å². The molecule has 128 valence electrons. The third-order valence-corrected chi connectivity index (χ3v) is 5.24. The van der Waals surface area contributed by atoms with Gasteiger partial charge in [0.15, 0.2) is 5.76 Å². The predicted molar refractivity (Wildman–Crippen MR) is 95.8 cm³/mol. The molecular weight excluding hydrogens is 336 g/mol. The predicted octanol–water partition coefficient (Wildman–Crippen LogP) is 3.53. The summed E-state index contributed by atoms with van der Waals surface area (Å²) in [6, 6.07) is 10.7. The van der Waals surface area contributed by atoms with Crippen molar-refractivity contribution in [3.05, 3.63) is 80.8 Å². The minimum absolute atomic E-state index is 0.0830. The first kappa shape index (κ1) is 15.9. The summed E-state index contributed by atoms with van der Waals surface area (Å²) >= 11 is 1.65. The van der Waals surface area contributed by atoms with Crippen LogP contribution in [0.2, 0.25) is 0 Å². The third kappa shape index (κ3) is 3.17. The van der Waals surface area contributed by atoms with Gasteiger partial charge in [0, 0.05) is 18.8 Å². The Hall–Kier alpha value is -2.60. The summed E-state index contributed by atoms with van der Waals surface area (Å²) in [4.78, 5) is 26.5. The lowest BCUT2D eigenvalue weighted by atomic mass is 10.1. The molecule has 0 aromatic carbocycles. The van der Waals surface area contributed by atoms with E-state index in [9.17, 15) is 9.59 Å². The molecule has 1 aliphatic heterocycles. The van der Waals surface area contributed by atoms with Crippen LogP contribution in [0.3, 0.4) is 0 Å². The Balaban J connectivity index is 1.52. The summed E-state index contributed by atoms with van der Waals surface area (Å²) in [6.07, 6.45) is 3.69. The van der Waals surface area contributed by atoms with Gasteiger partial charge < -0.3 is 13.9 Å². The number of thiophene rings is 1. The van der Waals surface area contributed by atoms with Crippen molar-refractivity contribution >= 4 is 17.2 Å². The van der Waals surface area contributed by atoms with Crippen molar-refractivity contribution in [1.82, 2.24) is 9.47 Å². The van der Waals surface area contributed by atoms with E-state index >= 15 is 0 Å². The largest absolute Gasteiger partial charge is 0.454 e. The molecular formula is C19H18N2O3S. The highest BCUT2D eigenvalue weighted by Crippen LogP contribution is 2.34. The standard InChI is InChI=1S/C19H18N2O3S/c22-18-5-1-2-9-20(18)12-15-6-7-17(24-15)19(23)21-10-3-4-16(21)14-8-11-25-13-14/h1-2,5-9,11,13,16H,3-4,10,12H2. The maximum Gasteiger partial charge on any atom is 0.290 e. The topological polar surface area (TPSA) is 55.5 Å². The molecule has 4 rings (SSSR count). The van der Waals surface area contributed by atoms with Crippen molar-refractivity contribution in [2.45, 2.75) is 25.4 Å². The smallest absolute Gasteiger partial charge is 0.290 e. The molecule has 0 bridgehead atoms. The fraction of sp³-hybridized carbons (Fsp3) is 0.263. The molecule has 3 aromatic rings. The summed E-state index contributed by atoms with van der Waals surface area (Å²) in [5.41, 5.74) is 1.10. The SMILES string of the molecule is O=C(c1ccc(Cn2ccccc2=O)o1)N1CCCC1c1ccsc1. The summed E-state index contributed by atoms with van der Waals surface area (Å²) in [6.45, 7) is 1.06. The molecule has 1 atom stereocenters. The first-order valence-corrected chi connectivity index (χ1v) is 9.24. The summed E-state index contributed by atoms with van der Waals surface area (Å²) < 4.78 is 7.29. The van der Waals surface area contributed by atoms with Crippen LogP contribution in [-0.2, 0) is 6.54 Å². The van der Waals surface area contributed by atoms with Crippen molar-refractivity contribution < 1.29 is 9.21 Å². The second-order valence-corrected chi connectivity index (χ2v) is 6.93. The number of rotatable bonds is 4. The zero-order valence-corrected chi connectivity index (χ0v) is 14.4.